The van der Waals surface area contributed by atoms with E-state index in [1.807, 2.05) is 6.20 Å². The molecule has 1 aromatic heterocycles. The number of anilines is 1. The van der Waals surface area contributed by atoms with E-state index in [-0.39, 0.29) is 0 Å². The van der Waals surface area contributed by atoms with Crippen LogP contribution in [0.2, 0.25) is 0 Å². The van der Waals surface area contributed by atoms with Crippen LogP contribution in [0.15, 0.2) is 6.20 Å². The largest absolute Gasteiger partial charge is 0.369 e. The van der Waals surface area contributed by atoms with E-state index in [0.29, 0.717) is 12.5 Å². The van der Waals surface area contributed by atoms with Gasteiger partial charge in [-0.3, -0.25) is 0 Å². The average Bonchev–Trinajstić information content (AvgIpc) is 2.47. The summed E-state index contributed by atoms with van der Waals surface area (Å²) in [6, 6.07) is 0. The van der Waals surface area contributed by atoms with E-state index < -0.39 is 0 Å². The molecule has 0 atom stereocenters. The van der Waals surface area contributed by atoms with Gasteiger partial charge in [0.1, 0.15) is 5.82 Å². The third-order valence-corrected chi connectivity index (χ3v) is 3.48. The molecule has 1 heterocycles. The zero-order valence-corrected chi connectivity index (χ0v) is 13.5. The third kappa shape index (κ3) is 4.75. The van der Waals surface area contributed by atoms with Crippen molar-refractivity contribution in [1.82, 2.24) is 9.97 Å². The minimum atomic E-state index is 0.342. The quantitative estimate of drug-likeness (QED) is 0.751. The van der Waals surface area contributed by atoms with Crippen LogP contribution in [0.25, 0.3) is 0 Å². The fraction of sp³-hybridized carbons (Fsp3) is 0.750. The molecule has 1 rings (SSSR count). The first-order chi connectivity index (χ1) is 9.63. The van der Waals surface area contributed by atoms with Gasteiger partial charge in [-0.25, -0.2) is 9.97 Å². The van der Waals surface area contributed by atoms with Gasteiger partial charge in [0.2, 0.25) is 0 Å². The lowest BCUT2D eigenvalue weighted by Crippen LogP contribution is -2.28. The Morgan fingerprint density at radius 2 is 1.75 bits per heavy atom. The van der Waals surface area contributed by atoms with Gasteiger partial charge < -0.3 is 10.6 Å². The first-order valence-electron chi connectivity index (χ1n) is 7.94. The lowest BCUT2D eigenvalue weighted by Gasteiger charge is -2.26. The summed E-state index contributed by atoms with van der Waals surface area (Å²) >= 11 is 0. The molecule has 20 heavy (non-hydrogen) atoms. The molecule has 0 aliphatic rings. The first-order valence-corrected chi connectivity index (χ1v) is 7.94. The Balaban J connectivity index is 2.98. The van der Waals surface area contributed by atoms with Gasteiger partial charge in [0.25, 0.3) is 0 Å². The first kappa shape index (κ1) is 16.9. The fourth-order valence-corrected chi connectivity index (χ4v) is 2.17. The second-order valence-electron chi connectivity index (χ2n) is 5.61. The summed E-state index contributed by atoms with van der Waals surface area (Å²) in [5, 5.41) is 0. The molecule has 4 nitrogen and oxygen atoms in total. The molecule has 1 aromatic rings. The number of hydrogen-bond donors (Lipinski definition) is 1. The lowest BCUT2D eigenvalue weighted by molar-refractivity contribution is 0.666. The number of aromatic nitrogens is 2. The monoisotopic (exact) mass is 278 g/mol. The molecular weight excluding hydrogens is 248 g/mol. The molecular formula is C16H30N4. The highest BCUT2D eigenvalue weighted by atomic mass is 15.1. The van der Waals surface area contributed by atoms with Crippen LogP contribution in [-0.4, -0.2) is 23.1 Å². The van der Waals surface area contributed by atoms with Gasteiger partial charge in [-0.15, -0.1) is 0 Å². The van der Waals surface area contributed by atoms with Crippen molar-refractivity contribution in [3.8, 4) is 0 Å². The molecule has 2 N–H and O–H groups in total. The highest BCUT2D eigenvalue weighted by Crippen LogP contribution is 2.21. The molecule has 0 radical (unpaired) electrons. The highest BCUT2D eigenvalue weighted by molar-refractivity contribution is 5.49. The maximum atomic E-state index is 5.90. The summed E-state index contributed by atoms with van der Waals surface area (Å²) in [6.45, 7) is 11.3. The normalized spacial score (nSPS) is 11.1. The molecule has 0 aromatic carbocycles. The molecule has 0 saturated carbocycles. The van der Waals surface area contributed by atoms with Gasteiger partial charge >= 0.3 is 0 Å². The van der Waals surface area contributed by atoms with Gasteiger partial charge in [-0.1, -0.05) is 40.5 Å². The summed E-state index contributed by atoms with van der Waals surface area (Å²) in [7, 11) is 0. The van der Waals surface area contributed by atoms with E-state index in [1.165, 1.54) is 25.7 Å². The zero-order chi connectivity index (χ0) is 15.0. The molecule has 4 heteroatoms. The molecule has 0 amide bonds. The predicted octanol–water partition coefficient (Wildman–Crippen LogP) is 3.47. The maximum Gasteiger partial charge on any atom is 0.131 e. The Morgan fingerprint density at radius 1 is 1.15 bits per heavy atom. The van der Waals surface area contributed by atoms with Crippen molar-refractivity contribution in [2.45, 2.75) is 65.8 Å². The number of nitrogens with two attached hydrogens (primary N) is 1. The van der Waals surface area contributed by atoms with E-state index in [4.69, 9.17) is 5.73 Å². The van der Waals surface area contributed by atoms with Gasteiger partial charge in [-0.2, -0.15) is 0 Å². The van der Waals surface area contributed by atoms with E-state index in [2.05, 4.69) is 42.6 Å². The van der Waals surface area contributed by atoms with Gasteiger partial charge in [0.05, 0.1) is 17.6 Å². The van der Waals surface area contributed by atoms with Crippen molar-refractivity contribution < 1.29 is 0 Å². The number of unbranched alkanes of at least 4 members (excludes halogenated alkanes) is 2. The molecule has 0 aliphatic heterocycles. The number of hydrogen-bond acceptors (Lipinski definition) is 4. The summed E-state index contributed by atoms with van der Waals surface area (Å²) in [6.07, 6.45) is 6.76. The van der Waals surface area contributed by atoms with Crippen LogP contribution in [0.4, 0.5) is 5.69 Å². The van der Waals surface area contributed by atoms with Crippen LogP contribution < -0.4 is 10.6 Å². The van der Waals surface area contributed by atoms with Gasteiger partial charge in [-0.05, 0) is 12.8 Å². The predicted molar refractivity (Wildman–Crippen MR) is 86.0 cm³/mol. The standard InChI is InChI=1S/C16H30N4/c1-5-7-9-20(10-8-6-2)15-12-18-16(13(3)4)19-14(15)11-17/h12-13H,5-11,17H2,1-4H3. The molecule has 114 valence electrons. The van der Waals surface area contributed by atoms with Crippen LogP contribution >= 0.6 is 0 Å². The highest BCUT2D eigenvalue weighted by Gasteiger charge is 2.14. The van der Waals surface area contributed by atoms with Crippen molar-refractivity contribution in [2.24, 2.45) is 5.73 Å². The lowest BCUT2D eigenvalue weighted by atomic mass is 10.2. The van der Waals surface area contributed by atoms with Gasteiger partial charge in [0.15, 0.2) is 0 Å². The smallest absolute Gasteiger partial charge is 0.131 e. The van der Waals surface area contributed by atoms with Crippen LogP contribution in [0.5, 0.6) is 0 Å². The van der Waals surface area contributed by atoms with Crippen molar-refractivity contribution in [3.63, 3.8) is 0 Å². The molecule has 0 unspecified atom stereocenters. The Labute approximate surface area is 123 Å². The summed E-state index contributed by atoms with van der Waals surface area (Å²) in [4.78, 5) is 11.6. The Bertz CT molecular complexity index is 382. The zero-order valence-electron chi connectivity index (χ0n) is 13.5. The van der Waals surface area contributed by atoms with Crippen molar-refractivity contribution in [2.75, 3.05) is 18.0 Å². The third-order valence-electron chi connectivity index (χ3n) is 3.48. The van der Waals surface area contributed by atoms with Crippen molar-refractivity contribution in [1.29, 1.82) is 0 Å². The summed E-state index contributed by atoms with van der Waals surface area (Å²) in [5.41, 5.74) is 8.00. The summed E-state index contributed by atoms with van der Waals surface area (Å²) < 4.78 is 0. The van der Waals surface area contributed by atoms with Crippen LogP contribution in [0, 0.1) is 0 Å². The average molecular weight is 278 g/mol. The molecule has 0 spiro atoms. The minimum absolute atomic E-state index is 0.342. The Morgan fingerprint density at radius 3 is 2.20 bits per heavy atom. The van der Waals surface area contributed by atoms with E-state index >= 15 is 0 Å². The molecule has 0 saturated heterocycles. The number of nitrogens with zero attached hydrogens (tertiary/aromatic N) is 3. The second-order valence-corrected chi connectivity index (χ2v) is 5.61. The van der Waals surface area contributed by atoms with E-state index in [0.717, 1.165) is 30.3 Å². The van der Waals surface area contributed by atoms with Crippen LogP contribution in [-0.2, 0) is 6.54 Å². The molecule has 0 bridgehead atoms. The summed E-state index contributed by atoms with van der Waals surface area (Å²) in [5.74, 6) is 1.23. The Kier molecular flexibility index (Phi) is 7.52. The van der Waals surface area contributed by atoms with E-state index in [9.17, 15) is 0 Å². The van der Waals surface area contributed by atoms with Crippen LogP contribution in [0.1, 0.15) is 70.8 Å². The van der Waals surface area contributed by atoms with Crippen molar-refractivity contribution >= 4 is 5.69 Å². The van der Waals surface area contributed by atoms with Gasteiger partial charge in [0, 0.05) is 25.6 Å². The van der Waals surface area contributed by atoms with E-state index in [1.54, 1.807) is 0 Å². The number of rotatable bonds is 9. The minimum Gasteiger partial charge on any atom is -0.369 e. The molecule has 0 fully saturated rings. The fourth-order valence-electron chi connectivity index (χ4n) is 2.17. The Hall–Kier alpha value is -1.16. The second kappa shape index (κ2) is 8.90. The maximum absolute atomic E-state index is 5.90. The van der Waals surface area contributed by atoms with Crippen LogP contribution in [0.3, 0.4) is 0 Å². The molecule has 0 aliphatic carbocycles. The SMILES string of the molecule is CCCCN(CCCC)c1cnc(C(C)C)nc1CN. The van der Waals surface area contributed by atoms with Crippen molar-refractivity contribution in [3.05, 3.63) is 17.7 Å². The topological polar surface area (TPSA) is 55.0 Å².